The Labute approximate surface area is 341 Å². The average molecular weight is 852 g/mol. The van der Waals surface area contributed by atoms with Gasteiger partial charge in [0.1, 0.15) is 36.6 Å². The van der Waals surface area contributed by atoms with Gasteiger partial charge in [0, 0.05) is 25.4 Å². The van der Waals surface area contributed by atoms with E-state index in [1.807, 2.05) is 13.0 Å². The van der Waals surface area contributed by atoms with Gasteiger partial charge in [0.2, 0.25) is 10.4 Å². The van der Waals surface area contributed by atoms with Crippen LogP contribution in [0.5, 0.6) is 0 Å². The first kappa shape index (κ1) is 46.6. The maximum atomic E-state index is 12.8. The molecular formula is C40H67O17S-. The molecule has 17 nitrogen and oxygen atoms in total. The van der Waals surface area contributed by atoms with Crippen molar-refractivity contribution in [1.82, 2.24) is 0 Å². The van der Waals surface area contributed by atoms with Crippen molar-refractivity contribution in [3.63, 3.8) is 0 Å². The molecule has 0 amide bonds. The van der Waals surface area contributed by atoms with Crippen LogP contribution in [0.2, 0.25) is 0 Å². The van der Waals surface area contributed by atoms with Crippen LogP contribution in [0.1, 0.15) is 86.0 Å². The number of hydrogen-bond donors (Lipinski definition) is 8. The molecule has 12 unspecified atom stereocenters. The topological polar surface area (TPSA) is 274 Å². The number of methoxy groups -OCH3 is 1. The number of hydrogen-bond acceptors (Lipinski definition) is 17. The lowest BCUT2D eigenvalue weighted by Crippen LogP contribution is -2.71. The summed E-state index contributed by atoms with van der Waals surface area (Å²) in [6, 6.07) is 0. The highest BCUT2D eigenvalue weighted by Gasteiger charge is 2.72. The highest BCUT2D eigenvalue weighted by Crippen LogP contribution is 2.70. The summed E-state index contributed by atoms with van der Waals surface area (Å²) in [5, 5.41) is 88.0. The molecule has 20 atom stereocenters. The van der Waals surface area contributed by atoms with E-state index in [0.29, 0.717) is 32.1 Å². The van der Waals surface area contributed by atoms with E-state index < -0.39 is 118 Å². The number of aliphatic hydroxyl groups excluding tert-OH is 7. The second-order valence-electron chi connectivity index (χ2n) is 19.0. The van der Waals surface area contributed by atoms with Crippen molar-refractivity contribution < 1.29 is 81.7 Å². The molecule has 8 N–H and O–H groups in total. The number of ether oxygens (including phenoxy) is 5. The Morgan fingerprint density at radius 2 is 1.48 bits per heavy atom. The van der Waals surface area contributed by atoms with Crippen LogP contribution < -0.4 is 0 Å². The molecule has 4 aliphatic carbocycles. The van der Waals surface area contributed by atoms with Crippen LogP contribution in [0.4, 0.5) is 0 Å². The first-order valence-corrected chi connectivity index (χ1v) is 22.3. The third kappa shape index (κ3) is 8.70. The summed E-state index contributed by atoms with van der Waals surface area (Å²) in [5.74, 6) is -1.75. The van der Waals surface area contributed by atoms with Crippen molar-refractivity contribution in [2.45, 2.75) is 165 Å². The molecule has 0 radical (unpaired) electrons. The lowest BCUT2D eigenvalue weighted by Gasteiger charge is -2.66. The Morgan fingerprint density at radius 3 is 2.10 bits per heavy atom. The molecule has 4 saturated carbocycles. The zero-order chi connectivity index (χ0) is 42.7. The van der Waals surface area contributed by atoms with Crippen molar-refractivity contribution in [3.05, 3.63) is 11.6 Å². The highest BCUT2D eigenvalue weighted by molar-refractivity contribution is 7.80. The third-order valence-electron chi connectivity index (χ3n) is 15.4. The fourth-order valence-electron chi connectivity index (χ4n) is 12.5. The fourth-order valence-corrected chi connectivity index (χ4v) is 13.0. The van der Waals surface area contributed by atoms with Gasteiger partial charge in [-0.2, -0.15) is 0 Å². The monoisotopic (exact) mass is 851 g/mol. The summed E-state index contributed by atoms with van der Waals surface area (Å²) in [4.78, 5) is 0. The lowest BCUT2D eigenvalue weighted by atomic mass is 9.41. The molecule has 336 valence electrons. The van der Waals surface area contributed by atoms with E-state index in [4.69, 9.17) is 27.9 Å². The van der Waals surface area contributed by atoms with Gasteiger partial charge in [-0.3, -0.25) is 4.18 Å². The average Bonchev–Trinajstić information content (AvgIpc) is 3.42. The van der Waals surface area contributed by atoms with Crippen molar-refractivity contribution >= 4 is 10.4 Å². The molecule has 6 rings (SSSR count). The Bertz CT molecular complexity index is 1550. The first-order chi connectivity index (χ1) is 27.1. The second kappa shape index (κ2) is 17.7. The summed E-state index contributed by atoms with van der Waals surface area (Å²) in [5.41, 5.74) is -1.90. The van der Waals surface area contributed by atoms with Gasteiger partial charge in [0.15, 0.2) is 12.6 Å². The third-order valence-corrected chi connectivity index (χ3v) is 15.8. The Balaban J connectivity index is 1.13. The van der Waals surface area contributed by atoms with Crippen LogP contribution >= 0.6 is 0 Å². The minimum atomic E-state index is -5.23. The fraction of sp³-hybridized carbons (Fsp3) is 0.950. The van der Waals surface area contributed by atoms with Gasteiger partial charge in [0.05, 0.1) is 49.8 Å². The molecule has 6 aliphatic rings. The summed E-state index contributed by atoms with van der Waals surface area (Å²) in [6.07, 6.45) is -9.08. The highest BCUT2D eigenvalue weighted by atomic mass is 32.3. The van der Waals surface area contributed by atoms with E-state index in [9.17, 15) is 53.8 Å². The molecule has 2 saturated heterocycles. The number of fused-ring (bicyclic) bond motifs is 5. The van der Waals surface area contributed by atoms with Crippen LogP contribution in [-0.4, -0.2) is 160 Å². The summed E-state index contributed by atoms with van der Waals surface area (Å²) < 4.78 is 69.6. The summed E-state index contributed by atoms with van der Waals surface area (Å²) in [6.45, 7) is 9.89. The molecule has 6 fully saturated rings. The largest absolute Gasteiger partial charge is 0.726 e. The molecule has 0 spiro atoms. The molecule has 2 heterocycles. The molecule has 58 heavy (non-hydrogen) atoms. The van der Waals surface area contributed by atoms with Crippen LogP contribution in [-0.2, 0) is 38.3 Å². The Morgan fingerprint density at radius 1 is 0.862 bits per heavy atom. The summed E-state index contributed by atoms with van der Waals surface area (Å²) >= 11 is 0. The zero-order valence-electron chi connectivity index (χ0n) is 34.4. The van der Waals surface area contributed by atoms with Crippen LogP contribution in [0.25, 0.3) is 0 Å². The molecular weight excluding hydrogens is 784 g/mol. The van der Waals surface area contributed by atoms with E-state index >= 15 is 0 Å². The van der Waals surface area contributed by atoms with Crippen molar-refractivity contribution in [1.29, 1.82) is 0 Å². The maximum absolute atomic E-state index is 12.8. The zero-order valence-corrected chi connectivity index (χ0v) is 35.2. The van der Waals surface area contributed by atoms with E-state index in [0.717, 1.165) is 12.0 Å². The van der Waals surface area contributed by atoms with Crippen molar-refractivity contribution in [2.24, 2.45) is 46.3 Å². The van der Waals surface area contributed by atoms with Gasteiger partial charge in [-0.25, -0.2) is 8.42 Å². The predicted octanol–water partition coefficient (Wildman–Crippen LogP) is 0.0897. The summed E-state index contributed by atoms with van der Waals surface area (Å²) in [7, 11) is -3.91. The smallest absolute Gasteiger partial charge is 0.217 e. The van der Waals surface area contributed by atoms with E-state index in [1.165, 1.54) is 7.11 Å². The quantitative estimate of drug-likeness (QED) is 0.0693. The van der Waals surface area contributed by atoms with E-state index in [2.05, 4.69) is 27.7 Å². The second-order valence-corrected chi connectivity index (χ2v) is 20.0. The van der Waals surface area contributed by atoms with Gasteiger partial charge in [-0.15, -0.1) is 0 Å². The molecule has 0 bridgehead atoms. The molecule has 0 aromatic carbocycles. The van der Waals surface area contributed by atoms with Crippen LogP contribution in [0.15, 0.2) is 11.6 Å². The Hall–Kier alpha value is -0.910. The van der Waals surface area contributed by atoms with Gasteiger partial charge < -0.3 is 69.1 Å². The minimum absolute atomic E-state index is 0.00642. The number of allylic oxidation sites excluding steroid dienone is 1. The van der Waals surface area contributed by atoms with Gasteiger partial charge >= 0.3 is 0 Å². The first-order valence-electron chi connectivity index (χ1n) is 20.9. The van der Waals surface area contributed by atoms with Gasteiger partial charge in [-0.05, 0) is 79.4 Å². The molecule has 0 aromatic rings. The molecule has 0 aromatic heterocycles. The maximum Gasteiger partial charge on any atom is 0.217 e. The number of aliphatic hydroxyl groups is 8. The van der Waals surface area contributed by atoms with E-state index in [-0.39, 0.29) is 50.4 Å². The van der Waals surface area contributed by atoms with Gasteiger partial charge in [0.25, 0.3) is 0 Å². The Kier molecular flexibility index (Phi) is 14.2. The predicted molar refractivity (Wildman–Crippen MR) is 202 cm³/mol. The number of rotatable bonds is 13. The standard InChI is InChI=1S/C40H68O17S/c1-19(2)21(11-14-53-36-34(32(47)26(44)17-54-36)56-37-33(52-6)31(46)25(43)18-55-37)8-7-20(3)22-15-24(42)35-38(22,4)13-10-28-39(5)12-9-23(41)30(45)29(39)27(16-40(28,35)48)57-58(49,50)51/h11,19-20,22-37,41-48H,7-10,12-18H2,1-6H3,(H,49,50,51)/p-1/b21-11+/t20?,22-,23+,24-,25?,26?,27+,28?,29?,30+,31?,32?,33?,34?,35?,36?,37?,38-,39-,40+/m1/s1. The normalized spacial score (nSPS) is 49.3. The lowest BCUT2D eigenvalue weighted by molar-refractivity contribution is -0.344. The van der Waals surface area contributed by atoms with Crippen LogP contribution in [0, 0.1) is 46.3 Å². The molecule has 2 aliphatic heterocycles. The minimum Gasteiger partial charge on any atom is -0.726 e. The SMILES string of the molecule is COC1C(OC2C(OC/C=C(\CCC(C)[C@H]3C[C@@H](O)C4[C@]5(O)C[C@H](OS(=O)(=O)[O-])C6[C@@H](O)[C@@H](O)CC[C@]6(C)C5CC[C@@]43C)C(C)C)OCC(O)C2O)OCC(O)C1O. The van der Waals surface area contributed by atoms with Crippen molar-refractivity contribution in [3.8, 4) is 0 Å². The molecule has 18 heteroatoms. The van der Waals surface area contributed by atoms with Crippen molar-refractivity contribution in [2.75, 3.05) is 26.9 Å². The van der Waals surface area contributed by atoms with Crippen LogP contribution in [0.3, 0.4) is 0 Å². The van der Waals surface area contributed by atoms with Gasteiger partial charge in [-0.1, -0.05) is 46.3 Å². The van der Waals surface area contributed by atoms with E-state index in [1.54, 1.807) is 0 Å².